The molecular weight excluding hydrogens is 222 g/mol. The SMILES string of the molecule is CCOC(CNC(=O)c1cnn(C)c1)OCC. The standard InChI is InChI=1S/C11H19N3O3/c1-4-16-10(17-5-2)7-12-11(15)9-6-13-14(3)8-9/h6,8,10H,4-5,7H2,1-3H3,(H,12,15). The highest BCUT2D eigenvalue weighted by Crippen LogP contribution is 1.98. The number of rotatable bonds is 7. The topological polar surface area (TPSA) is 65.4 Å². The smallest absolute Gasteiger partial charge is 0.254 e. The summed E-state index contributed by atoms with van der Waals surface area (Å²) in [6.07, 6.45) is 2.78. The summed E-state index contributed by atoms with van der Waals surface area (Å²) in [6, 6.07) is 0. The molecular formula is C11H19N3O3. The maximum atomic E-state index is 11.7. The lowest BCUT2D eigenvalue weighted by Crippen LogP contribution is -2.35. The molecule has 6 heteroatoms. The maximum absolute atomic E-state index is 11.7. The van der Waals surface area contributed by atoms with E-state index in [-0.39, 0.29) is 5.91 Å². The van der Waals surface area contributed by atoms with Crippen LogP contribution < -0.4 is 5.32 Å². The second-order valence-corrected chi connectivity index (χ2v) is 3.45. The van der Waals surface area contributed by atoms with Crippen molar-refractivity contribution in [1.29, 1.82) is 0 Å². The average molecular weight is 241 g/mol. The monoisotopic (exact) mass is 241 g/mol. The lowest BCUT2D eigenvalue weighted by molar-refractivity contribution is -0.131. The van der Waals surface area contributed by atoms with Crippen LogP contribution in [0.15, 0.2) is 12.4 Å². The third kappa shape index (κ3) is 4.54. The van der Waals surface area contributed by atoms with Gasteiger partial charge in [0, 0.05) is 26.5 Å². The van der Waals surface area contributed by atoms with Gasteiger partial charge in [-0.25, -0.2) is 0 Å². The van der Waals surface area contributed by atoms with Crippen LogP contribution in [0.4, 0.5) is 0 Å². The minimum absolute atomic E-state index is 0.178. The number of aromatic nitrogens is 2. The van der Waals surface area contributed by atoms with Crippen LogP contribution in [0.25, 0.3) is 0 Å². The zero-order valence-electron chi connectivity index (χ0n) is 10.5. The van der Waals surface area contributed by atoms with E-state index in [1.54, 1.807) is 17.9 Å². The lowest BCUT2D eigenvalue weighted by Gasteiger charge is -2.16. The van der Waals surface area contributed by atoms with Gasteiger partial charge in [0.1, 0.15) is 0 Å². The van der Waals surface area contributed by atoms with Crippen LogP contribution in [0, 0.1) is 0 Å². The third-order valence-electron chi connectivity index (χ3n) is 2.10. The fourth-order valence-corrected chi connectivity index (χ4v) is 1.35. The summed E-state index contributed by atoms with van der Waals surface area (Å²) < 4.78 is 12.2. The summed E-state index contributed by atoms with van der Waals surface area (Å²) in [4.78, 5) is 11.7. The van der Waals surface area contributed by atoms with Gasteiger partial charge in [-0.05, 0) is 13.8 Å². The zero-order valence-corrected chi connectivity index (χ0v) is 10.5. The number of amides is 1. The quantitative estimate of drug-likeness (QED) is 0.708. The number of ether oxygens (including phenoxy) is 2. The van der Waals surface area contributed by atoms with Crippen LogP contribution in [0.2, 0.25) is 0 Å². The van der Waals surface area contributed by atoms with Gasteiger partial charge < -0.3 is 14.8 Å². The Morgan fingerprint density at radius 1 is 1.47 bits per heavy atom. The molecule has 1 aromatic heterocycles. The van der Waals surface area contributed by atoms with Crippen molar-refractivity contribution in [2.75, 3.05) is 19.8 Å². The Morgan fingerprint density at radius 2 is 2.12 bits per heavy atom. The summed E-state index contributed by atoms with van der Waals surface area (Å²) in [5.41, 5.74) is 0.527. The van der Waals surface area contributed by atoms with Gasteiger partial charge >= 0.3 is 0 Å². The Balaban J connectivity index is 2.40. The third-order valence-corrected chi connectivity index (χ3v) is 2.10. The molecule has 0 bridgehead atoms. The predicted molar refractivity (Wildman–Crippen MR) is 62.6 cm³/mol. The van der Waals surface area contributed by atoms with E-state index in [4.69, 9.17) is 9.47 Å². The van der Waals surface area contributed by atoms with E-state index < -0.39 is 6.29 Å². The van der Waals surface area contributed by atoms with Crippen LogP contribution >= 0.6 is 0 Å². The molecule has 1 aromatic rings. The molecule has 1 rings (SSSR count). The molecule has 1 amide bonds. The molecule has 0 aliphatic carbocycles. The maximum Gasteiger partial charge on any atom is 0.254 e. The molecule has 0 aliphatic rings. The van der Waals surface area contributed by atoms with E-state index in [1.165, 1.54) is 6.20 Å². The highest BCUT2D eigenvalue weighted by molar-refractivity contribution is 5.93. The molecule has 0 saturated heterocycles. The molecule has 0 fully saturated rings. The zero-order chi connectivity index (χ0) is 12.7. The van der Waals surface area contributed by atoms with Gasteiger partial charge in [0.25, 0.3) is 5.91 Å². The molecule has 0 saturated carbocycles. The molecule has 17 heavy (non-hydrogen) atoms. The second kappa shape index (κ2) is 7.03. The number of nitrogens with zero attached hydrogens (tertiary/aromatic N) is 2. The summed E-state index contributed by atoms with van der Waals surface area (Å²) in [7, 11) is 1.76. The van der Waals surface area contributed by atoms with Crippen molar-refractivity contribution >= 4 is 5.91 Å². The summed E-state index contributed by atoms with van der Waals surface area (Å²) >= 11 is 0. The minimum atomic E-state index is -0.398. The molecule has 0 radical (unpaired) electrons. The van der Waals surface area contributed by atoms with Gasteiger partial charge in [0.15, 0.2) is 6.29 Å². The normalized spacial score (nSPS) is 10.8. The molecule has 1 N–H and O–H groups in total. The Hall–Kier alpha value is -1.40. The van der Waals surface area contributed by atoms with Gasteiger partial charge in [-0.3, -0.25) is 9.48 Å². The minimum Gasteiger partial charge on any atom is -0.351 e. The first-order valence-corrected chi connectivity index (χ1v) is 5.67. The molecule has 0 aromatic carbocycles. The van der Waals surface area contributed by atoms with Crippen LogP contribution in [0.1, 0.15) is 24.2 Å². The summed E-state index contributed by atoms with van der Waals surface area (Å²) in [5, 5.41) is 6.67. The highest BCUT2D eigenvalue weighted by atomic mass is 16.7. The molecule has 0 spiro atoms. The van der Waals surface area contributed by atoms with Crippen LogP contribution in [0.5, 0.6) is 0 Å². The van der Waals surface area contributed by atoms with Gasteiger partial charge in [-0.15, -0.1) is 0 Å². The van der Waals surface area contributed by atoms with Crippen LogP contribution in [-0.2, 0) is 16.5 Å². The number of aryl methyl sites for hydroxylation is 1. The van der Waals surface area contributed by atoms with Crippen LogP contribution in [0.3, 0.4) is 0 Å². The van der Waals surface area contributed by atoms with E-state index in [0.29, 0.717) is 25.3 Å². The molecule has 6 nitrogen and oxygen atoms in total. The van der Waals surface area contributed by atoms with E-state index in [1.807, 2.05) is 13.8 Å². The van der Waals surface area contributed by atoms with Crippen molar-refractivity contribution in [3.05, 3.63) is 18.0 Å². The van der Waals surface area contributed by atoms with E-state index in [9.17, 15) is 4.79 Å². The van der Waals surface area contributed by atoms with Crippen molar-refractivity contribution in [2.45, 2.75) is 20.1 Å². The lowest BCUT2D eigenvalue weighted by atomic mass is 10.3. The predicted octanol–water partition coefficient (Wildman–Crippen LogP) is 0.549. The first kappa shape index (κ1) is 13.7. The van der Waals surface area contributed by atoms with Gasteiger partial charge in [-0.1, -0.05) is 0 Å². The number of nitrogens with one attached hydrogen (secondary N) is 1. The van der Waals surface area contributed by atoms with Crippen molar-refractivity contribution < 1.29 is 14.3 Å². The Labute approximate surface area is 101 Å². The second-order valence-electron chi connectivity index (χ2n) is 3.45. The summed E-state index contributed by atoms with van der Waals surface area (Å²) in [5.74, 6) is -0.178. The fourth-order valence-electron chi connectivity index (χ4n) is 1.35. The van der Waals surface area contributed by atoms with Crippen molar-refractivity contribution in [3.63, 3.8) is 0 Å². The average Bonchev–Trinajstić information content (AvgIpc) is 2.73. The van der Waals surface area contributed by atoms with Crippen molar-refractivity contribution in [1.82, 2.24) is 15.1 Å². The van der Waals surface area contributed by atoms with Gasteiger partial charge in [-0.2, -0.15) is 5.10 Å². The van der Waals surface area contributed by atoms with Crippen molar-refractivity contribution in [3.8, 4) is 0 Å². The largest absolute Gasteiger partial charge is 0.351 e. The first-order valence-electron chi connectivity index (χ1n) is 5.67. The highest BCUT2D eigenvalue weighted by Gasteiger charge is 2.12. The van der Waals surface area contributed by atoms with Gasteiger partial charge in [0.05, 0.1) is 18.3 Å². The number of hydrogen-bond donors (Lipinski definition) is 1. The Morgan fingerprint density at radius 3 is 2.59 bits per heavy atom. The first-order chi connectivity index (χ1) is 8.17. The van der Waals surface area contributed by atoms with Crippen molar-refractivity contribution in [2.24, 2.45) is 7.05 Å². The number of hydrogen-bond acceptors (Lipinski definition) is 4. The molecule has 0 aliphatic heterocycles. The molecule has 1 heterocycles. The van der Waals surface area contributed by atoms with E-state index in [0.717, 1.165) is 0 Å². The fraction of sp³-hybridized carbons (Fsp3) is 0.636. The Kier molecular flexibility index (Phi) is 5.65. The number of carbonyl (C=O) groups excluding carboxylic acids is 1. The number of carbonyl (C=O) groups is 1. The molecule has 0 unspecified atom stereocenters. The Bertz CT molecular complexity index is 345. The summed E-state index contributed by atoms with van der Waals surface area (Å²) in [6.45, 7) is 5.19. The van der Waals surface area contributed by atoms with E-state index in [2.05, 4.69) is 10.4 Å². The molecule has 96 valence electrons. The van der Waals surface area contributed by atoms with Gasteiger partial charge in [0.2, 0.25) is 0 Å². The van der Waals surface area contributed by atoms with Crippen LogP contribution in [-0.4, -0.2) is 41.7 Å². The van der Waals surface area contributed by atoms with E-state index >= 15 is 0 Å². The molecule has 0 atom stereocenters.